The SMILES string of the molecule is CC(C)(C)c1cc(C(=O)NN=Cc2ccccc2F)n[nH]1. The third-order valence-corrected chi connectivity index (χ3v) is 2.89. The Labute approximate surface area is 122 Å². The minimum atomic E-state index is -0.450. The van der Waals surface area contributed by atoms with Crippen LogP contribution in [0.5, 0.6) is 0 Å². The number of rotatable bonds is 3. The van der Waals surface area contributed by atoms with Crippen LogP contribution < -0.4 is 5.43 Å². The van der Waals surface area contributed by atoms with E-state index in [0.29, 0.717) is 5.56 Å². The van der Waals surface area contributed by atoms with Gasteiger partial charge in [0.05, 0.1) is 6.21 Å². The Bertz CT molecular complexity index is 670. The molecule has 0 aliphatic heterocycles. The molecule has 1 aromatic carbocycles. The Hall–Kier alpha value is -2.50. The fourth-order valence-electron chi connectivity index (χ4n) is 1.62. The summed E-state index contributed by atoms with van der Waals surface area (Å²) in [6, 6.07) is 7.84. The van der Waals surface area contributed by atoms with Crippen molar-refractivity contribution in [3.63, 3.8) is 0 Å². The second-order valence-corrected chi connectivity index (χ2v) is 5.64. The summed E-state index contributed by atoms with van der Waals surface area (Å²) in [4.78, 5) is 11.9. The van der Waals surface area contributed by atoms with Crippen LogP contribution in [0.1, 0.15) is 42.5 Å². The smallest absolute Gasteiger partial charge is 0.281 e. The van der Waals surface area contributed by atoms with E-state index in [4.69, 9.17) is 0 Å². The van der Waals surface area contributed by atoms with Gasteiger partial charge in [0.25, 0.3) is 5.91 Å². The molecule has 1 heterocycles. The quantitative estimate of drug-likeness (QED) is 0.673. The lowest BCUT2D eigenvalue weighted by Gasteiger charge is -2.14. The van der Waals surface area contributed by atoms with Gasteiger partial charge < -0.3 is 0 Å². The molecule has 0 spiro atoms. The third-order valence-electron chi connectivity index (χ3n) is 2.89. The van der Waals surface area contributed by atoms with Crippen molar-refractivity contribution in [3.05, 3.63) is 53.1 Å². The first-order valence-corrected chi connectivity index (χ1v) is 6.52. The number of hydrazone groups is 1. The number of aromatic nitrogens is 2. The van der Waals surface area contributed by atoms with Crippen molar-refractivity contribution in [2.75, 3.05) is 0 Å². The van der Waals surface area contributed by atoms with Gasteiger partial charge in [-0.25, -0.2) is 9.82 Å². The number of hydrogen-bond donors (Lipinski definition) is 2. The van der Waals surface area contributed by atoms with Gasteiger partial charge in [0.1, 0.15) is 5.82 Å². The Morgan fingerprint density at radius 3 is 2.71 bits per heavy atom. The summed E-state index contributed by atoms with van der Waals surface area (Å²) in [5.41, 5.74) is 3.59. The van der Waals surface area contributed by atoms with Gasteiger partial charge in [0.2, 0.25) is 0 Å². The van der Waals surface area contributed by atoms with E-state index < -0.39 is 11.7 Å². The Morgan fingerprint density at radius 2 is 2.10 bits per heavy atom. The molecule has 2 rings (SSSR count). The maximum absolute atomic E-state index is 13.4. The molecule has 0 aliphatic carbocycles. The van der Waals surface area contributed by atoms with Crippen LogP contribution in [0.4, 0.5) is 4.39 Å². The van der Waals surface area contributed by atoms with E-state index in [1.165, 1.54) is 12.3 Å². The molecule has 0 fully saturated rings. The van der Waals surface area contributed by atoms with E-state index in [9.17, 15) is 9.18 Å². The summed E-state index contributed by atoms with van der Waals surface area (Å²) in [6.07, 6.45) is 1.25. The van der Waals surface area contributed by atoms with Crippen molar-refractivity contribution in [3.8, 4) is 0 Å². The lowest BCUT2D eigenvalue weighted by molar-refractivity contribution is 0.0950. The number of carbonyl (C=O) groups is 1. The molecule has 1 amide bonds. The number of nitrogens with one attached hydrogen (secondary N) is 2. The fourth-order valence-corrected chi connectivity index (χ4v) is 1.62. The highest BCUT2D eigenvalue weighted by molar-refractivity contribution is 5.93. The lowest BCUT2D eigenvalue weighted by atomic mass is 9.92. The normalized spacial score (nSPS) is 11.8. The average Bonchev–Trinajstić information content (AvgIpc) is 2.90. The van der Waals surface area contributed by atoms with E-state index in [1.807, 2.05) is 20.8 Å². The van der Waals surface area contributed by atoms with Crippen molar-refractivity contribution in [1.29, 1.82) is 0 Å². The highest BCUT2D eigenvalue weighted by Gasteiger charge is 2.19. The molecule has 0 radical (unpaired) electrons. The van der Waals surface area contributed by atoms with Gasteiger partial charge >= 0.3 is 0 Å². The van der Waals surface area contributed by atoms with Crippen LogP contribution in [-0.4, -0.2) is 22.3 Å². The summed E-state index contributed by atoms with van der Waals surface area (Å²) in [6.45, 7) is 6.04. The fraction of sp³-hybridized carbons (Fsp3) is 0.267. The number of hydrogen-bond acceptors (Lipinski definition) is 3. The van der Waals surface area contributed by atoms with Crippen molar-refractivity contribution in [1.82, 2.24) is 15.6 Å². The first-order chi connectivity index (χ1) is 9.88. The van der Waals surface area contributed by atoms with Gasteiger partial charge in [-0.1, -0.05) is 39.0 Å². The molecule has 0 atom stereocenters. The minimum Gasteiger partial charge on any atom is -0.281 e. The number of benzene rings is 1. The maximum Gasteiger partial charge on any atom is 0.291 e. The van der Waals surface area contributed by atoms with Crippen LogP contribution in [0, 0.1) is 5.82 Å². The minimum absolute atomic E-state index is 0.123. The van der Waals surface area contributed by atoms with E-state index >= 15 is 0 Å². The van der Waals surface area contributed by atoms with E-state index in [1.54, 1.807) is 24.3 Å². The predicted octanol–water partition coefficient (Wildman–Crippen LogP) is 2.61. The number of nitrogens with zero attached hydrogens (tertiary/aromatic N) is 2. The monoisotopic (exact) mass is 288 g/mol. The standard InChI is InChI=1S/C15H17FN4O/c1-15(2,3)13-8-12(18-19-13)14(21)20-17-9-10-6-4-5-7-11(10)16/h4-9H,1-3H3,(H,18,19)(H,20,21). The van der Waals surface area contributed by atoms with E-state index in [-0.39, 0.29) is 11.1 Å². The highest BCUT2D eigenvalue weighted by Crippen LogP contribution is 2.20. The van der Waals surface area contributed by atoms with Crippen LogP contribution in [0.15, 0.2) is 35.4 Å². The molecule has 110 valence electrons. The Morgan fingerprint density at radius 1 is 1.38 bits per heavy atom. The summed E-state index contributed by atoms with van der Waals surface area (Å²) in [5.74, 6) is -0.848. The first-order valence-electron chi connectivity index (χ1n) is 6.52. The summed E-state index contributed by atoms with van der Waals surface area (Å²) in [5, 5.41) is 10.5. The molecule has 6 heteroatoms. The molecule has 1 aromatic heterocycles. The molecular formula is C15H17FN4O. The van der Waals surface area contributed by atoms with Crippen molar-refractivity contribution >= 4 is 12.1 Å². The molecular weight excluding hydrogens is 271 g/mol. The van der Waals surface area contributed by atoms with Crippen LogP contribution in [0.25, 0.3) is 0 Å². The molecule has 5 nitrogen and oxygen atoms in total. The molecule has 2 aromatic rings. The molecule has 0 saturated heterocycles. The highest BCUT2D eigenvalue weighted by atomic mass is 19.1. The number of carbonyl (C=O) groups excluding carboxylic acids is 1. The average molecular weight is 288 g/mol. The zero-order valence-electron chi connectivity index (χ0n) is 12.1. The second-order valence-electron chi connectivity index (χ2n) is 5.64. The number of halogens is 1. The molecule has 21 heavy (non-hydrogen) atoms. The van der Waals surface area contributed by atoms with Crippen LogP contribution >= 0.6 is 0 Å². The van der Waals surface area contributed by atoms with E-state index in [0.717, 1.165) is 5.69 Å². The number of aromatic amines is 1. The summed E-state index contributed by atoms with van der Waals surface area (Å²) < 4.78 is 13.4. The Balaban J connectivity index is 2.02. The zero-order chi connectivity index (χ0) is 15.5. The van der Waals surface area contributed by atoms with Crippen molar-refractivity contribution in [2.24, 2.45) is 5.10 Å². The van der Waals surface area contributed by atoms with Gasteiger partial charge in [0, 0.05) is 16.7 Å². The molecule has 2 N–H and O–H groups in total. The third kappa shape index (κ3) is 3.75. The Kier molecular flexibility index (Phi) is 4.16. The topological polar surface area (TPSA) is 70.1 Å². The van der Waals surface area contributed by atoms with E-state index in [2.05, 4.69) is 20.7 Å². The number of H-pyrrole nitrogens is 1. The van der Waals surface area contributed by atoms with Gasteiger partial charge in [0.15, 0.2) is 5.69 Å². The zero-order valence-corrected chi connectivity index (χ0v) is 12.1. The van der Waals surface area contributed by atoms with Crippen LogP contribution in [0.3, 0.4) is 0 Å². The van der Waals surface area contributed by atoms with Crippen molar-refractivity contribution in [2.45, 2.75) is 26.2 Å². The molecule has 0 saturated carbocycles. The number of amides is 1. The molecule has 0 aliphatic rings. The molecule has 0 unspecified atom stereocenters. The lowest BCUT2D eigenvalue weighted by Crippen LogP contribution is -2.18. The summed E-state index contributed by atoms with van der Waals surface area (Å²) in [7, 11) is 0. The first kappa shape index (κ1) is 14.9. The van der Waals surface area contributed by atoms with Gasteiger partial charge in [-0.3, -0.25) is 9.89 Å². The molecule has 0 bridgehead atoms. The van der Waals surface area contributed by atoms with Gasteiger partial charge in [-0.05, 0) is 12.1 Å². The van der Waals surface area contributed by atoms with Crippen LogP contribution in [-0.2, 0) is 5.41 Å². The maximum atomic E-state index is 13.4. The van der Waals surface area contributed by atoms with Gasteiger partial charge in [-0.15, -0.1) is 0 Å². The predicted molar refractivity (Wildman–Crippen MR) is 78.7 cm³/mol. The summed E-state index contributed by atoms with van der Waals surface area (Å²) >= 11 is 0. The van der Waals surface area contributed by atoms with Gasteiger partial charge in [-0.2, -0.15) is 10.2 Å². The van der Waals surface area contributed by atoms with Crippen LogP contribution in [0.2, 0.25) is 0 Å². The van der Waals surface area contributed by atoms with Crippen molar-refractivity contribution < 1.29 is 9.18 Å². The second kappa shape index (κ2) is 5.87. The largest absolute Gasteiger partial charge is 0.291 e.